The molecule has 0 aromatic heterocycles. The highest BCUT2D eigenvalue weighted by Gasteiger charge is 2.13. The van der Waals surface area contributed by atoms with Crippen LogP contribution in [-0.2, 0) is 35.5 Å². The number of phenols is 2. The Hall–Kier alpha value is -4.25. The SMILES string of the molecule is O=C(OCc1cccc(Cc2ccccc2)c1O)OCc1cccc(Cc2ccccc2)c1O. The summed E-state index contributed by atoms with van der Waals surface area (Å²) in [5.74, 6) is 0.204. The molecule has 4 aromatic rings. The predicted molar refractivity (Wildman–Crippen MR) is 130 cm³/mol. The van der Waals surface area contributed by atoms with Gasteiger partial charge in [-0.05, 0) is 22.3 Å². The summed E-state index contributed by atoms with van der Waals surface area (Å²) in [6, 6.07) is 30.4. The molecule has 4 rings (SSSR count). The topological polar surface area (TPSA) is 76.0 Å². The van der Waals surface area contributed by atoms with Crippen molar-refractivity contribution < 1.29 is 24.5 Å². The second-order valence-electron chi connectivity index (χ2n) is 8.00. The van der Waals surface area contributed by atoms with Gasteiger partial charge in [0.05, 0.1) is 0 Å². The van der Waals surface area contributed by atoms with Gasteiger partial charge in [0, 0.05) is 24.0 Å². The van der Waals surface area contributed by atoms with E-state index in [-0.39, 0.29) is 24.7 Å². The number of ether oxygens (including phenoxy) is 2. The van der Waals surface area contributed by atoms with Gasteiger partial charge in [-0.3, -0.25) is 0 Å². The minimum absolute atomic E-state index is 0.102. The summed E-state index contributed by atoms with van der Waals surface area (Å²) in [7, 11) is 0. The molecule has 0 heterocycles. The third-order valence-electron chi connectivity index (χ3n) is 5.57. The van der Waals surface area contributed by atoms with E-state index in [2.05, 4.69) is 0 Å². The first-order chi connectivity index (χ1) is 16.6. The average Bonchev–Trinajstić information content (AvgIpc) is 2.86. The molecular formula is C29H26O5. The molecular weight excluding hydrogens is 428 g/mol. The first-order valence-electron chi connectivity index (χ1n) is 11.1. The van der Waals surface area contributed by atoms with E-state index in [1.807, 2.05) is 84.9 Å². The third kappa shape index (κ3) is 5.95. The molecule has 0 aliphatic carbocycles. The molecule has 0 aliphatic heterocycles. The maximum absolute atomic E-state index is 12.2. The molecule has 0 radical (unpaired) electrons. The van der Waals surface area contributed by atoms with Crippen molar-refractivity contribution in [3.63, 3.8) is 0 Å². The predicted octanol–water partition coefficient (Wildman–Crippen LogP) is 6.13. The van der Waals surface area contributed by atoms with Crippen molar-refractivity contribution in [2.24, 2.45) is 0 Å². The van der Waals surface area contributed by atoms with Crippen LogP contribution in [0, 0.1) is 0 Å². The van der Waals surface area contributed by atoms with E-state index in [1.54, 1.807) is 12.1 Å². The Bertz CT molecular complexity index is 1140. The van der Waals surface area contributed by atoms with Crippen LogP contribution in [0.5, 0.6) is 11.5 Å². The number of phenolic OH excluding ortho intramolecular Hbond substituents is 2. The van der Waals surface area contributed by atoms with E-state index in [4.69, 9.17) is 9.47 Å². The molecule has 2 N–H and O–H groups in total. The lowest BCUT2D eigenvalue weighted by Gasteiger charge is -2.12. The van der Waals surface area contributed by atoms with Gasteiger partial charge in [-0.15, -0.1) is 0 Å². The molecule has 0 bridgehead atoms. The zero-order chi connectivity index (χ0) is 23.8. The maximum atomic E-state index is 12.2. The van der Waals surface area contributed by atoms with Crippen molar-refractivity contribution in [2.75, 3.05) is 0 Å². The molecule has 172 valence electrons. The minimum Gasteiger partial charge on any atom is -0.507 e. The van der Waals surface area contributed by atoms with Crippen LogP contribution in [0.15, 0.2) is 97.1 Å². The van der Waals surface area contributed by atoms with Gasteiger partial charge < -0.3 is 19.7 Å². The molecule has 0 atom stereocenters. The number of hydrogen-bond donors (Lipinski definition) is 2. The first kappa shape index (κ1) is 22.9. The third-order valence-corrected chi connectivity index (χ3v) is 5.57. The van der Waals surface area contributed by atoms with Crippen LogP contribution in [0.1, 0.15) is 33.4 Å². The van der Waals surface area contributed by atoms with Crippen LogP contribution in [0.2, 0.25) is 0 Å². The molecule has 0 spiro atoms. The Morgan fingerprint density at radius 1 is 0.529 bits per heavy atom. The van der Waals surface area contributed by atoms with Gasteiger partial charge in [0.2, 0.25) is 0 Å². The van der Waals surface area contributed by atoms with Gasteiger partial charge >= 0.3 is 6.16 Å². The summed E-state index contributed by atoms with van der Waals surface area (Å²) in [6.07, 6.45) is 0.272. The smallest absolute Gasteiger partial charge is 0.507 e. The van der Waals surface area contributed by atoms with Crippen LogP contribution in [-0.4, -0.2) is 16.4 Å². The molecule has 4 aromatic carbocycles. The summed E-state index contributed by atoms with van der Waals surface area (Å²) < 4.78 is 10.4. The average molecular weight is 455 g/mol. The number of carbonyl (C=O) groups is 1. The van der Waals surface area contributed by atoms with Crippen LogP contribution in [0.25, 0.3) is 0 Å². The Morgan fingerprint density at radius 3 is 1.32 bits per heavy atom. The van der Waals surface area contributed by atoms with Crippen LogP contribution >= 0.6 is 0 Å². The van der Waals surface area contributed by atoms with Gasteiger partial charge in [0.1, 0.15) is 24.7 Å². The number of para-hydroxylation sites is 2. The Kier molecular flexibility index (Phi) is 7.45. The van der Waals surface area contributed by atoms with Crippen molar-refractivity contribution in [1.82, 2.24) is 0 Å². The monoisotopic (exact) mass is 454 g/mol. The molecule has 5 heteroatoms. The number of rotatable bonds is 8. The molecule has 0 saturated carbocycles. The number of aromatic hydroxyl groups is 2. The highest BCUT2D eigenvalue weighted by Crippen LogP contribution is 2.27. The number of carbonyl (C=O) groups excluding carboxylic acids is 1. The zero-order valence-electron chi connectivity index (χ0n) is 18.7. The fourth-order valence-electron chi connectivity index (χ4n) is 3.75. The molecule has 34 heavy (non-hydrogen) atoms. The molecule has 0 amide bonds. The van der Waals surface area contributed by atoms with Gasteiger partial charge in [-0.2, -0.15) is 0 Å². The summed E-state index contributed by atoms with van der Waals surface area (Å²) in [6.45, 7) is -0.235. The second-order valence-corrected chi connectivity index (χ2v) is 8.00. The van der Waals surface area contributed by atoms with Crippen molar-refractivity contribution in [2.45, 2.75) is 26.1 Å². The Morgan fingerprint density at radius 2 is 0.912 bits per heavy atom. The highest BCUT2D eigenvalue weighted by atomic mass is 16.7. The number of benzene rings is 4. The molecule has 0 saturated heterocycles. The first-order valence-corrected chi connectivity index (χ1v) is 11.1. The van der Waals surface area contributed by atoms with E-state index in [0.29, 0.717) is 24.0 Å². The van der Waals surface area contributed by atoms with E-state index in [1.165, 1.54) is 0 Å². The largest absolute Gasteiger partial charge is 0.508 e. The minimum atomic E-state index is -0.874. The van der Waals surface area contributed by atoms with E-state index >= 15 is 0 Å². The summed E-state index contributed by atoms with van der Waals surface area (Å²) in [5.41, 5.74) is 4.65. The maximum Gasteiger partial charge on any atom is 0.508 e. The quantitative estimate of drug-likeness (QED) is 0.313. The fraction of sp³-hybridized carbons (Fsp3) is 0.138. The molecule has 0 aliphatic rings. The van der Waals surface area contributed by atoms with E-state index in [0.717, 1.165) is 22.3 Å². The van der Waals surface area contributed by atoms with Crippen molar-refractivity contribution in [3.8, 4) is 11.5 Å². The normalized spacial score (nSPS) is 10.6. The number of hydrogen-bond acceptors (Lipinski definition) is 5. The summed E-state index contributed by atoms with van der Waals surface area (Å²) in [4.78, 5) is 12.2. The van der Waals surface area contributed by atoms with Gasteiger partial charge in [-0.1, -0.05) is 97.1 Å². The lowest BCUT2D eigenvalue weighted by atomic mass is 10.0. The second kappa shape index (κ2) is 11.1. The standard InChI is InChI=1S/C29H26O5/c30-27-23(17-21-9-3-1-4-10-21)13-7-15-25(27)19-33-29(32)34-20-26-16-8-14-24(28(26)31)18-22-11-5-2-6-12-22/h1-16,30-31H,17-20H2. The van der Waals surface area contributed by atoms with Crippen molar-refractivity contribution in [1.29, 1.82) is 0 Å². The van der Waals surface area contributed by atoms with Gasteiger partial charge in [-0.25, -0.2) is 4.79 Å². The molecule has 0 unspecified atom stereocenters. The van der Waals surface area contributed by atoms with Crippen molar-refractivity contribution in [3.05, 3.63) is 130 Å². The molecule has 0 fully saturated rings. The van der Waals surface area contributed by atoms with Gasteiger partial charge in [0.15, 0.2) is 0 Å². The summed E-state index contributed by atoms with van der Waals surface area (Å²) in [5, 5.41) is 21.2. The van der Waals surface area contributed by atoms with E-state index < -0.39 is 6.16 Å². The zero-order valence-corrected chi connectivity index (χ0v) is 18.7. The molecule has 5 nitrogen and oxygen atoms in total. The highest BCUT2D eigenvalue weighted by molar-refractivity contribution is 5.60. The summed E-state index contributed by atoms with van der Waals surface area (Å²) >= 11 is 0. The van der Waals surface area contributed by atoms with E-state index in [9.17, 15) is 15.0 Å². The van der Waals surface area contributed by atoms with Crippen LogP contribution in [0.4, 0.5) is 4.79 Å². The lowest BCUT2D eigenvalue weighted by molar-refractivity contribution is 0.0438. The van der Waals surface area contributed by atoms with Crippen LogP contribution < -0.4 is 0 Å². The van der Waals surface area contributed by atoms with Crippen molar-refractivity contribution >= 4 is 6.16 Å². The fourth-order valence-corrected chi connectivity index (χ4v) is 3.75. The van der Waals surface area contributed by atoms with Gasteiger partial charge in [0.25, 0.3) is 0 Å². The van der Waals surface area contributed by atoms with Crippen LogP contribution in [0.3, 0.4) is 0 Å². The Labute approximate surface area is 198 Å². The Balaban J connectivity index is 1.33. The lowest BCUT2D eigenvalue weighted by Crippen LogP contribution is -2.08.